The van der Waals surface area contributed by atoms with Gasteiger partial charge in [0.25, 0.3) is 0 Å². The summed E-state index contributed by atoms with van der Waals surface area (Å²) in [6.07, 6.45) is 14.3. The molecule has 0 amide bonds. The predicted octanol–water partition coefficient (Wildman–Crippen LogP) is 3.15. The summed E-state index contributed by atoms with van der Waals surface area (Å²) in [6, 6.07) is 0. The molecule has 0 heterocycles. The molecule has 4 atom stereocenters. The molecule has 0 aromatic rings. The van der Waals surface area contributed by atoms with Gasteiger partial charge in [0.1, 0.15) is 0 Å². The van der Waals surface area contributed by atoms with Crippen LogP contribution in [-0.2, 0) is 9.47 Å². The maximum Gasteiger partial charge on any atom is 0.180 e. The monoisotopic (exact) mass is 234 g/mol. The van der Waals surface area contributed by atoms with Gasteiger partial charge in [0.15, 0.2) is 5.79 Å². The Kier molecular flexibility index (Phi) is 2.87. The molecule has 0 spiro atoms. The number of allylic oxidation sites excluding steroid dienone is 2. The van der Waals surface area contributed by atoms with E-state index in [0.29, 0.717) is 11.8 Å². The third-order valence-electron chi connectivity index (χ3n) is 5.07. The molecular formula is C15H22O2. The summed E-state index contributed by atoms with van der Waals surface area (Å²) >= 11 is 0. The summed E-state index contributed by atoms with van der Waals surface area (Å²) in [4.78, 5) is 0. The number of hydrogen-bond acceptors (Lipinski definition) is 2. The van der Waals surface area contributed by atoms with Crippen molar-refractivity contribution in [3.63, 3.8) is 0 Å². The number of fused-ring (bicyclic) bond motifs is 5. The predicted molar refractivity (Wildman–Crippen MR) is 67.5 cm³/mol. The first kappa shape index (κ1) is 11.5. The topological polar surface area (TPSA) is 18.5 Å². The molecule has 0 aromatic heterocycles. The second-order valence-electron chi connectivity index (χ2n) is 5.52. The highest BCUT2D eigenvalue weighted by atomic mass is 16.7. The third kappa shape index (κ3) is 1.47. The van der Waals surface area contributed by atoms with E-state index in [4.69, 9.17) is 9.47 Å². The van der Waals surface area contributed by atoms with Crippen LogP contribution in [0.15, 0.2) is 24.3 Å². The number of rotatable bonds is 2. The van der Waals surface area contributed by atoms with Gasteiger partial charge in [-0.1, -0.05) is 24.3 Å². The van der Waals surface area contributed by atoms with Crippen molar-refractivity contribution in [2.45, 2.75) is 31.5 Å². The van der Waals surface area contributed by atoms with Crippen molar-refractivity contribution in [3.05, 3.63) is 24.3 Å². The van der Waals surface area contributed by atoms with E-state index in [2.05, 4.69) is 24.3 Å². The van der Waals surface area contributed by atoms with Gasteiger partial charge < -0.3 is 9.47 Å². The molecule has 94 valence electrons. The Morgan fingerprint density at radius 1 is 0.882 bits per heavy atom. The Morgan fingerprint density at radius 3 is 1.76 bits per heavy atom. The zero-order valence-electron chi connectivity index (χ0n) is 10.8. The zero-order chi connectivity index (χ0) is 11.9. The fourth-order valence-electron chi connectivity index (χ4n) is 4.37. The molecule has 3 rings (SSSR count). The van der Waals surface area contributed by atoms with Crippen molar-refractivity contribution >= 4 is 0 Å². The van der Waals surface area contributed by atoms with Crippen LogP contribution in [0.25, 0.3) is 0 Å². The summed E-state index contributed by atoms with van der Waals surface area (Å²) in [6.45, 7) is 0. The van der Waals surface area contributed by atoms with Crippen molar-refractivity contribution in [1.29, 1.82) is 0 Å². The van der Waals surface area contributed by atoms with Gasteiger partial charge in [-0.3, -0.25) is 0 Å². The molecule has 0 aliphatic heterocycles. The SMILES string of the molecule is COC1(OC)C2C=CC1[C@@H]1CC/C=C\CC[C@H]21. The lowest BCUT2D eigenvalue weighted by Crippen LogP contribution is -2.40. The summed E-state index contributed by atoms with van der Waals surface area (Å²) < 4.78 is 11.6. The Balaban J connectivity index is 1.92. The van der Waals surface area contributed by atoms with Gasteiger partial charge >= 0.3 is 0 Å². The fourth-order valence-corrected chi connectivity index (χ4v) is 4.37. The minimum absolute atomic E-state index is 0.361. The first-order valence-electron chi connectivity index (χ1n) is 6.77. The van der Waals surface area contributed by atoms with Crippen LogP contribution in [0.3, 0.4) is 0 Å². The van der Waals surface area contributed by atoms with Gasteiger partial charge in [-0.05, 0) is 37.5 Å². The van der Waals surface area contributed by atoms with Crippen LogP contribution in [0.5, 0.6) is 0 Å². The summed E-state index contributed by atoms with van der Waals surface area (Å²) in [5.41, 5.74) is 0. The second-order valence-corrected chi connectivity index (χ2v) is 5.52. The molecule has 17 heavy (non-hydrogen) atoms. The summed E-state index contributed by atoms with van der Waals surface area (Å²) in [5.74, 6) is 2.04. The van der Waals surface area contributed by atoms with Gasteiger partial charge in [0.2, 0.25) is 0 Å². The summed E-state index contributed by atoms with van der Waals surface area (Å²) in [7, 11) is 3.60. The Morgan fingerprint density at radius 2 is 1.35 bits per heavy atom. The molecule has 2 nitrogen and oxygen atoms in total. The smallest absolute Gasteiger partial charge is 0.180 e. The van der Waals surface area contributed by atoms with Gasteiger partial charge in [0.05, 0.1) is 0 Å². The van der Waals surface area contributed by atoms with Crippen molar-refractivity contribution in [2.24, 2.45) is 23.7 Å². The molecule has 0 radical (unpaired) electrons. The van der Waals surface area contributed by atoms with Crippen LogP contribution in [0.1, 0.15) is 25.7 Å². The molecule has 0 N–H and O–H groups in total. The standard InChI is InChI=1S/C15H22O2/c1-16-15(17-2)13-9-10-14(15)12-8-6-4-3-5-7-11(12)13/h3-4,9-14H,5-8H2,1-2H3/b4-3-/t11-,12+,13?,14?. The van der Waals surface area contributed by atoms with E-state index in [1.54, 1.807) is 14.2 Å². The lowest BCUT2D eigenvalue weighted by Gasteiger charge is -2.32. The Labute approximate surface area is 104 Å². The lowest BCUT2D eigenvalue weighted by molar-refractivity contribution is -0.234. The molecule has 3 aliphatic carbocycles. The van der Waals surface area contributed by atoms with Gasteiger partial charge in [-0.25, -0.2) is 0 Å². The lowest BCUT2D eigenvalue weighted by atomic mass is 9.77. The van der Waals surface area contributed by atoms with Crippen LogP contribution >= 0.6 is 0 Å². The minimum atomic E-state index is -0.361. The molecule has 3 aliphatic rings. The van der Waals surface area contributed by atoms with Crippen LogP contribution in [0.4, 0.5) is 0 Å². The van der Waals surface area contributed by atoms with Crippen LogP contribution in [-0.4, -0.2) is 20.0 Å². The van der Waals surface area contributed by atoms with Crippen molar-refractivity contribution in [1.82, 2.24) is 0 Å². The first-order chi connectivity index (χ1) is 8.33. The average molecular weight is 234 g/mol. The van der Waals surface area contributed by atoms with Crippen molar-refractivity contribution < 1.29 is 9.47 Å². The highest BCUT2D eigenvalue weighted by Crippen LogP contribution is 2.59. The molecule has 0 saturated heterocycles. The highest BCUT2D eigenvalue weighted by Gasteiger charge is 2.61. The van der Waals surface area contributed by atoms with E-state index in [1.807, 2.05) is 0 Å². The normalized spacial score (nSPS) is 44.1. The molecular weight excluding hydrogens is 212 g/mol. The van der Waals surface area contributed by atoms with Crippen molar-refractivity contribution in [3.8, 4) is 0 Å². The molecule has 2 heteroatoms. The first-order valence-corrected chi connectivity index (χ1v) is 6.77. The van der Waals surface area contributed by atoms with Gasteiger partial charge in [-0.2, -0.15) is 0 Å². The van der Waals surface area contributed by atoms with E-state index in [1.165, 1.54) is 25.7 Å². The molecule has 2 bridgehead atoms. The fraction of sp³-hybridized carbons (Fsp3) is 0.733. The van der Waals surface area contributed by atoms with Crippen molar-refractivity contribution in [2.75, 3.05) is 14.2 Å². The summed E-state index contributed by atoms with van der Waals surface area (Å²) in [5, 5.41) is 0. The maximum atomic E-state index is 5.80. The second kappa shape index (κ2) is 4.25. The van der Waals surface area contributed by atoms with Gasteiger partial charge in [0, 0.05) is 26.1 Å². The molecule has 0 aromatic carbocycles. The largest absolute Gasteiger partial charge is 0.352 e. The number of methoxy groups -OCH3 is 2. The zero-order valence-corrected chi connectivity index (χ0v) is 10.8. The molecule has 2 unspecified atom stereocenters. The molecule has 1 fully saturated rings. The average Bonchev–Trinajstić information content (AvgIpc) is 2.78. The minimum Gasteiger partial charge on any atom is -0.352 e. The number of ether oxygens (including phenoxy) is 2. The maximum absolute atomic E-state index is 5.80. The third-order valence-corrected chi connectivity index (χ3v) is 5.07. The highest BCUT2D eigenvalue weighted by molar-refractivity contribution is 5.23. The Bertz CT molecular complexity index is 313. The quantitative estimate of drug-likeness (QED) is 0.540. The van der Waals surface area contributed by atoms with Gasteiger partial charge in [-0.15, -0.1) is 0 Å². The Hall–Kier alpha value is -0.600. The van der Waals surface area contributed by atoms with Crippen LogP contribution < -0.4 is 0 Å². The van der Waals surface area contributed by atoms with Crippen LogP contribution in [0.2, 0.25) is 0 Å². The van der Waals surface area contributed by atoms with E-state index in [-0.39, 0.29) is 5.79 Å². The number of hydrogen-bond donors (Lipinski definition) is 0. The molecule has 1 saturated carbocycles. The van der Waals surface area contributed by atoms with Crippen LogP contribution in [0, 0.1) is 23.7 Å². The van der Waals surface area contributed by atoms with E-state index in [0.717, 1.165) is 11.8 Å². The van der Waals surface area contributed by atoms with E-state index in [9.17, 15) is 0 Å². The van der Waals surface area contributed by atoms with E-state index >= 15 is 0 Å². The van der Waals surface area contributed by atoms with E-state index < -0.39 is 0 Å².